The van der Waals surface area contributed by atoms with E-state index in [0.29, 0.717) is 5.70 Å². The molecule has 1 fully saturated rings. The third-order valence-electron chi connectivity index (χ3n) is 3.73. The SMILES string of the molecule is CC.Cc1cc(C#CCO)ccc1/C(N)=C/NCC1CCCCO1. The number of rotatable bonds is 4. The van der Waals surface area contributed by atoms with Crippen molar-refractivity contribution in [3.8, 4) is 11.8 Å². The summed E-state index contributed by atoms with van der Waals surface area (Å²) in [5.74, 6) is 5.54. The largest absolute Gasteiger partial charge is 0.397 e. The first-order chi connectivity index (χ1) is 11.7. The number of ether oxygens (including phenoxy) is 1. The average Bonchev–Trinajstić information content (AvgIpc) is 2.62. The zero-order valence-corrected chi connectivity index (χ0v) is 15.1. The van der Waals surface area contributed by atoms with Crippen LogP contribution in [0.4, 0.5) is 0 Å². The van der Waals surface area contributed by atoms with E-state index in [0.717, 1.165) is 36.3 Å². The van der Waals surface area contributed by atoms with Gasteiger partial charge in [0.1, 0.15) is 6.61 Å². The van der Waals surface area contributed by atoms with Crippen LogP contribution >= 0.6 is 0 Å². The molecule has 1 atom stereocenters. The number of hydrogen-bond acceptors (Lipinski definition) is 4. The number of aliphatic hydroxyl groups is 1. The summed E-state index contributed by atoms with van der Waals surface area (Å²) >= 11 is 0. The second-order valence-corrected chi connectivity index (χ2v) is 5.49. The molecule has 2 rings (SSSR count). The maximum absolute atomic E-state index is 8.72. The van der Waals surface area contributed by atoms with Crippen molar-refractivity contribution in [2.75, 3.05) is 19.8 Å². The van der Waals surface area contributed by atoms with Crippen molar-refractivity contribution in [1.82, 2.24) is 5.32 Å². The van der Waals surface area contributed by atoms with Crippen LogP contribution in [0.1, 0.15) is 49.8 Å². The van der Waals surface area contributed by atoms with Crippen LogP contribution in [0.2, 0.25) is 0 Å². The highest BCUT2D eigenvalue weighted by atomic mass is 16.5. The Labute approximate surface area is 146 Å². The van der Waals surface area contributed by atoms with E-state index in [1.54, 1.807) is 0 Å². The van der Waals surface area contributed by atoms with Crippen LogP contribution in [0, 0.1) is 18.8 Å². The lowest BCUT2D eigenvalue weighted by molar-refractivity contribution is 0.0188. The zero-order valence-electron chi connectivity index (χ0n) is 15.1. The molecule has 4 nitrogen and oxygen atoms in total. The molecule has 1 aliphatic heterocycles. The van der Waals surface area contributed by atoms with E-state index in [9.17, 15) is 0 Å². The molecular weight excluding hydrogens is 300 g/mol. The normalized spacial score (nSPS) is 17.2. The molecule has 1 aromatic carbocycles. The van der Waals surface area contributed by atoms with Crippen molar-refractivity contribution in [1.29, 1.82) is 0 Å². The number of nitrogens with one attached hydrogen (secondary N) is 1. The molecule has 0 amide bonds. The second kappa shape index (κ2) is 11.6. The van der Waals surface area contributed by atoms with E-state index in [1.165, 1.54) is 12.8 Å². The van der Waals surface area contributed by atoms with Crippen molar-refractivity contribution < 1.29 is 9.84 Å². The van der Waals surface area contributed by atoms with Gasteiger partial charge in [-0.2, -0.15) is 0 Å². The summed E-state index contributed by atoms with van der Waals surface area (Å²) in [7, 11) is 0. The van der Waals surface area contributed by atoms with Gasteiger partial charge in [0.15, 0.2) is 0 Å². The fourth-order valence-electron chi connectivity index (χ4n) is 2.55. The lowest BCUT2D eigenvalue weighted by Gasteiger charge is -2.22. The van der Waals surface area contributed by atoms with Gasteiger partial charge in [0.05, 0.1) is 11.8 Å². The summed E-state index contributed by atoms with van der Waals surface area (Å²) in [6.07, 6.45) is 5.65. The maximum Gasteiger partial charge on any atom is 0.104 e. The monoisotopic (exact) mass is 330 g/mol. The van der Waals surface area contributed by atoms with Gasteiger partial charge in [0.2, 0.25) is 0 Å². The van der Waals surface area contributed by atoms with Gasteiger partial charge < -0.3 is 20.9 Å². The summed E-state index contributed by atoms with van der Waals surface area (Å²) in [5.41, 5.74) is 9.78. The predicted octanol–water partition coefficient (Wildman–Crippen LogP) is 2.78. The van der Waals surface area contributed by atoms with Crippen molar-refractivity contribution in [2.24, 2.45) is 5.73 Å². The molecule has 0 aromatic heterocycles. The van der Waals surface area contributed by atoms with Gasteiger partial charge in [0.25, 0.3) is 0 Å². The van der Waals surface area contributed by atoms with E-state index >= 15 is 0 Å². The summed E-state index contributed by atoms with van der Waals surface area (Å²) in [6.45, 7) is 7.53. The van der Waals surface area contributed by atoms with Crippen LogP contribution < -0.4 is 11.1 Å². The Bertz CT molecular complexity index is 579. The van der Waals surface area contributed by atoms with E-state index < -0.39 is 0 Å². The van der Waals surface area contributed by atoms with E-state index in [1.807, 2.05) is 45.2 Å². The van der Waals surface area contributed by atoms with Gasteiger partial charge in [-0.3, -0.25) is 0 Å². The molecule has 0 bridgehead atoms. The Balaban J connectivity index is 0.00000139. The van der Waals surface area contributed by atoms with Crippen molar-refractivity contribution in [3.63, 3.8) is 0 Å². The van der Waals surface area contributed by atoms with E-state index in [2.05, 4.69) is 17.2 Å². The molecule has 1 aliphatic rings. The van der Waals surface area contributed by atoms with Crippen LogP contribution in [0.5, 0.6) is 0 Å². The minimum atomic E-state index is -0.129. The number of aryl methyl sites for hydroxylation is 1. The Morgan fingerprint density at radius 1 is 1.42 bits per heavy atom. The first kappa shape index (κ1) is 20.1. The Hall–Kier alpha value is -1.96. The molecule has 4 heteroatoms. The third-order valence-corrected chi connectivity index (χ3v) is 3.73. The molecule has 1 saturated heterocycles. The topological polar surface area (TPSA) is 67.5 Å². The molecule has 132 valence electrons. The minimum Gasteiger partial charge on any atom is -0.397 e. The Morgan fingerprint density at radius 2 is 2.21 bits per heavy atom. The first-order valence-corrected chi connectivity index (χ1v) is 8.72. The molecule has 0 spiro atoms. The Kier molecular flexibility index (Phi) is 9.67. The molecule has 4 N–H and O–H groups in total. The predicted molar refractivity (Wildman–Crippen MR) is 100 cm³/mol. The standard InChI is InChI=1S/C18H24N2O2.C2H6/c1-14-11-15(5-4-9-21)7-8-17(14)18(19)13-20-12-16-6-2-3-10-22-16;1-2/h7-8,11,13,16,20-21H,2-3,6,9-10,12,19H2,1H3;1-2H3/b18-13-;. The van der Waals surface area contributed by atoms with Gasteiger partial charge in [-0.15, -0.1) is 0 Å². The highest BCUT2D eigenvalue weighted by Crippen LogP contribution is 2.16. The van der Waals surface area contributed by atoms with Gasteiger partial charge in [-0.1, -0.05) is 31.8 Å². The van der Waals surface area contributed by atoms with Gasteiger partial charge in [-0.05, 0) is 43.9 Å². The summed E-state index contributed by atoms with van der Waals surface area (Å²) in [4.78, 5) is 0. The van der Waals surface area contributed by atoms with Gasteiger partial charge >= 0.3 is 0 Å². The first-order valence-electron chi connectivity index (χ1n) is 8.72. The summed E-state index contributed by atoms with van der Waals surface area (Å²) in [6, 6.07) is 5.85. The summed E-state index contributed by atoms with van der Waals surface area (Å²) in [5, 5.41) is 12.0. The minimum absolute atomic E-state index is 0.129. The smallest absolute Gasteiger partial charge is 0.104 e. The highest BCUT2D eigenvalue weighted by Gasteiger charge is 2.12. The number of benzene rings is 1. The average molecular weight is 330 g/mol. The van der Waals surface area contributed by atoms with Crippen LogP contribution in [0.25, 0.3) is 5.70 Å². The van der Waals surface area contributed by atoms with Crippen molar-refractivity contribution in [2.45, 2.75) is 46.1 Å². The van der Waals surface area contributed by atoms with Crippen molar-refractivity contribution in [3.05, 3.63) is 41.1 Å². The second-order valence-electron chi connectivity index (χ2n) is 5.49. The zero-order chi connectivity index (χ0) is 17.8. The highest BCUT2D eigenvalue weighted by molar-refractivity contribution is 5.66. The molecule has 1 aromatic rings. The van der Waals surface area contributed by atoms with Crippen LogP contribution in [-0.4, -0.2) is 31.0 Å². The quantitative estimate of drug-likeness (QED) is 0.743. The van der Waals surface area contributed by atoms with Crippen LogP contribution in [0.15, 0.2) is 24.4 Å². The molecule has 0 radical (unpaired) electrons. The van der Waals surface area contributed by atoms with Crippen LogP contribution in [-0.2, 0) is 4.74 Å². The molecule has 1 unspecified atom stereocenters. The number of hydrogen-bond donors (Lipinski definition) is 3. The third kappa shape index (κ3) is 6.66. The van der Waals surface area contributed by atoms with Gasteiger partial charge in [0, 0.05) is 30.5 Å². The van der Waals surface area contributed by atoms with E-state index in [4.69, 9.17) is 15.6 Å². The number of aliphatic hydroxyl groups excluding tert-OH is 1. The summed E-state index contributed by atoms with van der Waals surface area (Å²) < 4.78 is 5.67. The van der Waals surface area contributed by atoms with E-state index in [-0.39, 0.29) is 12.7 Å². The van der Waals surface area contributed by atoms with Crippen LogP contribution in [0.3, 0.4) is 0 Å². The molecule has 0 aliphatic carbocycles. The van der Waals surface area contributed by atoms with Crippen molar-refractivity contribution >= 4 is 5.70 Å². The lowest BCUT2D eigenvalue weighted by Crippen LogP contribution is -2.29. The Morgan fingerprint density at radius 3 is 2.83 bits per heavy atom. The molecular formula is C20H30N2O2. The molecule has 24 heavy (non-hydrogen) atoms. The fourth-order valence-corrected chi connectivity index (χ4v) is 2.55. The van der Waals surface area contributed by atoms with Gasteiger partial charge in [-0.25, -0.2) is 0 Å². The maximum atomic E-state index is 8.72. The molecule has 1 heterocycles. The fraction of sp³-hybridized carbons (Fsp3) is 0.500. The number of nitrogens with two attached hydrogens (primary N) is 1. The lowest BCUT2D eigenvalue weighted by atomic mass is 10.0. The molecule has 0 saturated carbocycles.